The molecule has 0 aliphatic carbocycles. The Labute approximate surface area is 128 Å². The third-order valence-electron chi connectivity index (χ3n) is 3.62. The second-order valence-electron chi connectivity index (χ2n) is 5.93. The summed E-state index contributed by atoms with van der Waals surface area (Å²) in [5, 5.41) is -0.305. The van der Waals surface area contributed by atoms with Crippen LogP contribution in [0, 0.1) is 6.92 Å². The zero-order valence-electron chi connectivity index (χ0n) is 13.3. The van der Waals surface area contributed by atoms with Crippen LogP contribution in [0.25, 0.3) is 0 Å². The van der Waals surface area contributed by atoms with Crippen molar-refractivity contribution in [1.82, 2.24) is 0 Å². The molecule has 0 aliphatic heterocycles. The number of rotatable bonds is 9. The Bertz CT molecular complexity index is 542. The van der Waals surface area contributed by atoms with Crippen LogP contribution in [0.15, 0.2) is 24.3 Å². The maximum atomic E-state index is 11.8. The fourth-order valence-corrected chi connectivity index (χ4v) is 3.14. The summed E-state index contributed by atoms with van der Waals surface area (Å²) in [6, 6.07) is 8.00. The largest absolute Gasteiger partial charge is 0.299 e. The predicted octanol–water partition coefficient (Wildman–Crippen LogP) is 3.49. The quantitative estimate of drug-likeness (QED) is 0.656. The first-order chi connectivity index (χ1) is 9.81. The molecular weight excluding hydrogens is 284 g/mol. The Hall–Kier alpha value is -1.16. The molecule has 0 aliphatic rings. The van der Waals surface area contributed by atoms with E-state index < -0.39 is 9.84 Å². The first kappa shape index (κ1) is 17.9. The van der Waals surface area contributed by atoms with Crippen LogP contribution in [0.5, 0.6) is 0 Å². The molecule has 1 aromatic carbocycles. The molecule has 0 fully saturated rings. The molecule has 0 atom stereocenters. The van der Waals surface area contributed by atoms with Gasteiger partial charge in [0.15, 0.2) is 9.84 Å². The fraction of sp³-hybridized carbons (Fsp3) is 0.588. The second-order valence-corrected chi connectivity index (χ2v) is 8.60. The van der Waals surface area contributed by atoms with E-state index in [0.29, 0.717) is 19.3 Å². The average Bonchev–Trinajstić information content (AvgIpc) is 2.40. The number of benzene rings is 1. The maximum Gasteiger partial charge on any atom is 0.152 e. The minimum Gasteiger partial charge on any atom is -0.299 e. The van der Waals surface area contributed by atoms with Gasteiger partial charge in [0.25, 0.3) is 0 Å². The smallest absolute Gasteiger partial charge is 0.152 e. The number of hydrogen-bond acceptors (Lipinski definition) is 3. The van der Waals surface area contributed by atoms with Crippen LogP contribution in [-0.4, -0.2) is 25.2 Å². The van der Waals surface area contributed by atoms with Crippen molar-refractivity contribution in [3.63, 3.8) is 0 Å². The lowest BCUT2D eigenvalue weighted by Crippen LogP contribution is -2.17. The molecule has 21 heavy (non-hydrogen) atoms. The molecule has 0 N–H and O–H groups in total. The number of unbranched alkanes of at least 4 members (excludes halogenated alkanes) is 2. The van der Waals surface area contributed by atoms with Crippen molar-refractivity contribution in [2.75, 3.05) is 5.75 Å². The minimum absolute atomic E-state index is 0.227. The summed E-state index contributed by atoms with van der Waals surface area (Å²) in [6.07, 6.45) is 3.24. The van der Waals surface area contributed by atoms with Crippen LogP contribution in [0.3, 0.4) is 0 Å². The average molecular weight is 310 g/mol. The first-order valence-electron chi connectivity index (χ1n) is 7.60. The summed E-state index contributed by atoms with van der Waals surface area (Å²) >= 11 is 0. The molecule has 0 radical (unpaired) electrons. The zero-order chi connectivity index (χ0) is 15.9. The molecule has 0 unspecified atom stereocenters. The van der Waals surface area contributed by atoms with E-state index in [1.165, 1.54) is 5.56 Å². The Balaban J connectivity index is 2.21. The van der Waals surface area contributed by atoms with Gasteiger partial charge >= 0.3 is 0 Å². The number of carbonyl (C=O) groups is 1. The van der Waals surface area contributed by atoms with Crippen LogP contribution in [0.1, 0.15) is 50.7 Å². The molecule has 1 aromatic rings. The summed E-state index contributed by atoms with van der Waals surface area (Å²) < 4.78 is 23.3. The van der Waals surface area contributed by atoms with Gasteiger partial charge in [0, 0.05) is 12.8 Å². The van der Waals surface area contributed by atoms with Gasteiger partial charge in [-0.05, 0) is 39.2 Å². The minimum atomic E-state index is -2.94. The van der Waals surface area contributed by atoms with E-state index in [0.717, 1.165) is 18.4 Å². The lowest BCUT2D eigenvalue weighted by molar-refractivity contribution is -0.118. The molecule has 1 rings (SSSR count). The summed E-state index contributed by atoms with van der Waals surface area (Å²) in [4.78, 5) is 11.8. The summed E-state index contributed by atoms with van der Waals surface area (Å²) in [7, 11) is -2.94. The van der Waals surface area contributed by atoms with Gasteiger partial charge in [-0.25, -0.2) is 8.42 Å². The normalized spacial score (nSPS) is 11.8. The highest BCUT2D eigenvalue weighted by Gasteiger charge is 2.15. The van der Waals surface area contributed by atoms with E-state index in [2.05, 4.69) is 0 Å². The van der Waals surface area contributed by atoms with Crippen molar-refractivity contribution >= 4 is 15.6 Å². The van der Waals surface area contributed by atoms with Gasteiger partial charge < -0.3 is 0 Å². The van der Waals surface area contributed by atoms with E-state index in [1.54, 1.807) is 13.8 Å². The maximum absolute atomic E-state index is 11.8. The highest BCUT2D eigenvalue weighted by molar-refractivity contribution is 7.91. The van der Waals surface area contributed by atoms with Crippen molar-refractivity contribution in [3.05, 3.63) is 35.4 Å². The van der Waals surface area contributed by atoms with Crippen LogP contribution >= 0.6 is 0 Å². The van der Waals surface area contributed by atoms with Crippen LogP contribution in [0.4, 0.5) is 0 Å². The lowest BCUT2D eigenvalue weighted by Gasteiger charge is -2.07. The molecule has 118 valence electrons. The number of aryl methyl sites for hydroxylation is 1. The Kier molecular flexibility index (Phi) is 7.09. The van der Waals surface area contributed by atoms with Gasteiger partial charge in [0.05, 0.1) is 11.0 Å². The predicted molar refractivity (Wildman–Crippen MR) is 87.3 cm³/mol. The molecule has 0 bridgehead atoms. The molecule has 0 spiro atoms. The van der Waals surface area contributed by atoms with E-state index >= 15 is 0 Å². The lowest BCUT2D eigenvalue weighted by atomic mass is 10.0. The van der Waals surface area contributed by atoms with Crippen molar-refractivity contribution in [2.24, 2.45) is 0 Å². The molecule has 0 aromatic heterocycles. The molecule has 0 amide bonds. The topological polar surface area (TPSA) is 51.2 Å². The van der Waals surface area contributed by atoms with Crippen LogP contribution < -0.4 is 0 Å². The van der Waals surface area contributed by atoms with Gasteiger partial charge in [0.1, 0.15) is 5.78 Å². The van der Waals surface area contributed by atoms with Gasteiger partial charge in [-0.2, -0.15) is 0 Å². The molecule has 0 saturated heterocycles. The summed E-state index contributed by atoms with van der Waals surface area (Å²) in [5.74, 6) is 0.460. The van der Waals surface area contributed by atoms with Crippen molar-refractivity contribution in [3.8, 4) is 0 Å². The highest BCUT2D eigenvalue weighted by atomic mass is 32.2. The van der Waals surface area contributed by atoms with Crippen LogP contribution in [0.2, 0.25) is 0 Å². The summed E-state index contributed by atoms with van der Waals surface area (Å²) in [5.41, 5.74) is 2.24. The number of hydrogen-bond donors (Lipinski definition) is 0. The molecule has 4 heteroatoms. The number of ketones is 1. The highest BCUT2D eigenvalue weighted by Crippen LogP contribution is 2.10. The standard InChI is InChI=1S/C17H26O3S/c1-14(2)21(19,20)12-6-4-5-7-17(18)13-16-10-8-15(3)9-11-16/h8-11,14H,4-7,12-13H2,1-3H3. The van der Waals surface area contributed by atoms with Gasteiger partial charge in [-0.3, -0.25) is 4.79 Å². The monoisotopic (exact) mass is 310 g/mol. The SMILES string of the molecule is Cc1ccc(CC(=O)CCCCCS(=O)(=O)C(C)C)cc1. The number of Topliss-reactive ketones (excluding diaryl/α,β-unsaturated/α-hetero) is 1. The third kappa shape index (κ3) is 6.89. The van der Waals surface area contributed by atoms with Gasteiger partial charge in [-0.15, -0.1) is 0 Å². The zero-order valence-corrected chi connectivity index (χ0v) is 14.1. The number of carbonyl (C=O) groups excluding carboxylic acids is 1. The summed E-state index contributed by atoms with van der Waals surface area (Å²) in [6.45, 7) is 5.44. The van der Waals surface area contributed by atoms with Crippen molar-refractivity contribution in [2.45, 2.75) is 58.1 Å². The van der Waals surface area contributed by atoms with E-state index in [-0.39, 0.29) is 16.8 Å². The van der Waals surface area contributed by atoms with Crippen molar-refractivity contribution in [1.29, 1.82) is 0 Å². The molecule has 0 heterocycles. The Morgan fingerprint density at radius 3 is 2.24 bits per heavy atom. The van der Waals surface area contributed by atoms with Gasteiger partial charge in [-0.1, -0.05) is 36.2 Å². The molecular formula is C17H26O3S. The second kappa shape index (κ2) is 8.32. The Morgan fingerprint density at radius 2 is 1.67 bits per heavy atom. The van der Waals surface area contributed by atoms with Crippen LogP contribution in [-0.2, 0) is 21.1 Å². The molecule has 0 saturated carbocycles. The van der Waals surface area contributed by atoms with E-state index in [4.69, 9.17) is 0 Å². The fourth-order valence-electron chi connectivity index (χ4n) is 2.06. The number of sulfone groups is 1. The third-order valence-corrected chi connectivity index (χ3v) is 5.92. The van der Waals surface area contributed by atoms with Gasteiger partial charge in [0.2, 0.25) is 0 Å². The van der Waals surface area contributed by atoms with E-state index in [1.807, 2.05) is 31.2 Å². The van der Waals surface area contributed by atoms with E-state index in [9.17, 15) is 13.2 Å². The first-order valence-corrected chi connectivity index (χ1v) is 9.31. The molecule has 3 nitrogen and oxygen atoms in total. The Morgan fingerprint density at radius 1 is 1.05 bits per heavy atom. The van der Waals surface area contributed by atoms with Crippen molar-refractivity contribution < 1.29 is 13.2 Å².